The average molecular weight is 422 g/mol. The van der Waals surface area contributed by atoms with Crippen LogP contribution in [0.3, 0.4) is 0 Å². The van der Waals surface area contributed by atoms with Crippen molar-refractivity contribution in [2.45, 2.75) is 25.2 Å². The van der Waals surface area contributed by atoms with Crippen molar-refractivity contribution in [3.63, 3.8) is 0 Å². The van der Waals surface area contributed by atoms with Crippen LogP contribution < -0.4 is 10.0 Å². The van der Waals surface area contributed by atoms with Crippen molar-refractivity contribution in [1.82, 2.24) is 9.71 Å². The SMILES string of the molecule is CC(C)CCNS(=O)(=O)c1cccc(Nc2ccc(C=Cc3ccccn3)cc2)c1. The zero-order valence-electron chi connectivity index (χ0n) is 17.2. The Bertz CT molecular complexity index is 1080. The molecule has 1 aromatic heterocycles. The van der Waals surface area contributed by atoms with Gasteiger partial charge in [0.1, 0.15) is 0 Å². The monoisotopic (exact) mass is 421 g/mol. The van der Waals surface area contributed by atoms with Crippen LogP contribution in [0, 0.1) is 5.92 Å². The Hall–Kier alpha value is -2.96. The second-order valence-corrected chi connectivity index (χ2v) is 9.21. The van der Waals surface area contributed by atoms with Gasteiger partial charge in [-0.05, 0) is 66.4 Å². The lowest BCUT2D eigenvalue weighted by atomic mass is 10.1. The molecule has 30 heavy (non-hydrogen) atoms. The summed E-state index contributed by atoms with van der Waals surface area (Å²) in [6.45, 7) is 4.57. The molecule has 0 aliphatic heterocycles. The van der Waals surface area contributed by atoms with Crippen LogP contribution in [0.4, 0.5) is 11.4 Å². The largest absolute Gasteiger partial charge is 0.355 e. The van der Waals surface area contributed by atoms with E-state index in [1.165, 1.54) is 0 Å². The normalized spacial score (nSPS) is 11.8. The van der Waals surface area contributed by atoms with E-state index in [1.807, 2.05) is 60.7 Å². The first-order chi connectivity index (χ1) is 14.4. The zero-order valence-corrected chi connectivity index (χ0v) is 18.1. The third-order valence-corrected chi connectivity index (χ3v) is 5.95. The number of sulfonamides is 1. The fourth-order valence-corrected chi connectivity index (χ4v) is 3.90. The number of hydrogen-bond donors (Lipinski definition) is 2. The van der Waals surface area contributed by atoms with Crippen LogP contribution in [0.25, 0.3) is 12.2 Å². The van der Waals surface area contributed by atoms with E-state index >= 15 is 0 Å². The molecule has 0 bridgehead atoms. The van der Waals surface area contributed by atoms with Crippen LogP contribution in [0.2, 0.25) is 0 Å². The lowest BCUT2D eigenvalue weighted by molar-refractivity contribution is 0.551. The van der Waals surface area contributed by atoms with Gasteiger partial charge in [0, 0.05) is 24.1 Å². The van der Waals surface area contributed by atoms with Crippen molar-refractivity contribution < 1.29 is 8.42 Å². The minimum absolute atomic E-state index is 0.256. The van der Waals surface area contributed by atoms with Gasteiger partial charge in [-0.25, -0.2) is 13.1 Å². The molecule has 5 nitrogen and oxygen atoms in total. The van der Waals surface area contributed by atoms with Crippen molar-refractivity contribution >= 4 is 33.6 Å². The number of pyridine rings is 1. The van der Waals surface area contributed by atoms with Gasteiger partial charge in [-0.1, -0.05) is 44.2 Å². The van der Waals surface area contributed by atoms with Gasteiger partial charge in [-0.2, -0.15) is 0 Å². The van der Waals surface area contributed by atoms with E-state index in [0.29, 0.717) is 12.5 Å². The summed E-state index contributed by atoms with van der Waals surface area (Å²) in [4.78, 5) is 4.52. The van der Waals surface area contributed by atoms with E-state index in [-0.39, 0.29) is 4.90 Å². The Morgan fingerprint density at radius 2 is 1.73 bits per heavy atom. The molecule has 2 aromatic carbocycles. The highest BCUT2D eigenvalue weighted by molar-refractivity contribution is 7.89. The summed E-state index contributed by atoms with van der Waals surface area (Å²) in [7, 11) is -3.52. The van der Waals surface area contributed by atoms with Crippen LogP contribution in [0.15, 0.2) is 77.8 Å². The van der Waals surface area contributed by atoms with E-state index in [0.717, 1.165) is 29.1 Å². The standard InChI is InChI=1S/C24H27N3O2S/c1-19(2)15-17-26-30(28,29)24-8-5-7-23(18-24)27-22-13-10-20(11-14-22)9-12-21-6-3-4-16-25-21/h3-14,16,18-19,26-27H,15,17H2,1-2H3. The summed E-state index contributed by atoms with van der Waals surface area (Å²) in [5.74, 6) is 0.447. The number of benzene rings is 2. The first kappa shape index (κ1) is 21.7. The Morgan fingerprint density at radius 3 is 2.43 bits per heavy atom. The van der Waals surface area contributed by atoms with Crippen molar-refractivity contribution in [3.05, 3.63) is 84.2 Å². The van der Waals surface area contributed by atoms with Gasteiger partial charge in [0.15, 0.2) is 0 Å². The van der Waals surface area contributed by atoms with Gasteiger partial charge in [-0.15, -0.1) is 0 Å². The second kappa shape index (κ2) is 10.2. The maximum absolute atomic E-state index is 12.5. The van der Waals surface area contributed by atoms with Gasteiger partial charge in [0.2, 0.25) is 10.0 Å². The summed E-state index contributed by atoms with van der Waals surface area (Å²) < 4.78 is 27.7. The third-order valence-electron chi connectivity index (χ3n) is 4.49. The van der Waals surface area contributed by atoms with Crippen LogP contribution in [-0.2, 0) is 10.0 Å². The van der Waals surface area contributed by atoms with E-state index in [2.05, 4.69) is 28.9 Å². The molecular weight excluding hydrogens is 394 g/mol. The number of anilines is 2. The molecule has 1 heterocycles. The molecule has 0 aliphatic carbocycles. The Kier molecular flexibility index (Phi) is 7.38. The average Bonchev–Trinajstić information content (AvgIpc) is 2.74. The molecule has 0 amide bonds. The molecule has 0 fully saturated rings. The molecule has 156 valence electrons. The van der Waals surface area contributed by atoms with Gasteiger partial charge in [0.05, 0.1) is 10.6 Å². The minimum atomic E-state index is -3.52. The second-order valence-electron chi connectivity index (χ2n) is 7.44. The lowest BCUT2D eigenvalue weighted by Crippen LogP contribution is -2.25. The fourth-order valence-electron chi connectivity index (χ4n) is 2.81. The van der Waals surface area contributed by atoms with Crippen molar-refractivity contribution in [2.75, 3.05) is 11.9 Å². The molecule has 0 saturated carbocycles. The summed E-state index contributed by atoms with van der Waals surface area (Å²) in [6.07, 6.45) is 6.53. The topological polar surface area (TPSA) is 71.1 Å². The summed E-state index contributed by atoms with van der Waals surface area (Å²) in [5, 5.41) is 3.26. The van der Waals surface area contributed by atoms with Crippen LogP contribution in [0.1, 0.15) is 31.5 Å². The molecule has 0 radical (unpaired) electrons. The Labute approximate surface area is 178 Å². The molecule has 0 unspecified atom stereocenters. The van der Waals surface area contributed by atoms with Gasteiger partial charge in [0.25, 0.3) is 0 Å². The quantitative estimate of drug-likeness (QED) is 0.490. The van der Waals surface area contributed by atoms with Crippen LogP contribution >= 0.6 is 0 Å². The molecule has 2 N–H and O–H groups in total. The van der Waals surface area contributed by atoms with Gasteiger partial charge < -0.3 is 5.32 Å². The van der Waals surface area contributed by atoms with E-state index in [4.69, 9.17) is 0 Å². The number of nitrogens with one attached hydrogen (secondary N) is 2. The van der Waals surface area contributed by atoms with E-state index in [9.17, 15) is 8.42 Å². The zero-order chi connectivity index (χ0) is 21.4. The van der Waals surface area contributed by atoms with Crippen LogP contribution in [-0.4, -0.2) is 19.9 Å². The summed E-state index contributed by atoms with van der Waals surface area (Å²) in [5.41, 5.74) is 3.56. The molecule has 3 aromatic rings. The highest BCUT2D eigenvalue weighted by Crippen LogP contribution is 2.21. The number of rotatable bonds is 9. The predicted molar refractivity (Wildman–Crippen MR) is 124 cm³/mol. The van der Waals surface area contributed by atoms with Crippen LogP contribution in [0.5, 0.6) is 0 Å². The fraction of sp³-hybridized carbons (Fsp3) is 0.208. The van der Waals surface area contributed by atoms with Crippen molar-refractivity contribution in [3.8, 4) is 0 Å². The molecule has 0 spiro atoms. The van der Waals surface area contributed by atoms with Gasteiger partial charge in [-0.3, -0.25) is 4.98 Å². The minimum Gasteiger partial charge on any atom is -0.355 e. The number of aromatic nitrogens is 1. The van der Waals surface area contributed by atoms with E-state index < -0.39 is 10.0 Å². The Balaban J connectivity index is 1.65. The smallest absolute Gasteiger partial charge is 0.240 e. The molecule has 0 saturated heterocycles. The van der Waals surface area contributed by atoms with Crippen molar-refractivity contribution in [1.29, 1.82) is 0 Å². The highest BCUT2D eigenvalue weighted by Gasteiger charge is 2.14. The molecule has 0 aliphatic rings. The number of nitrogens with zero attached hydrogens (tertiary/aromatic N) is 1. The maximum atomic E-state index is 12.5. The summed E-state index contributed by atoms with van der Waals surface area (Å²) in [6, 6.07) is 20.5. The lowest BCUT2D eigenvalue weighted by Gasteiger charge is -2.11. The molecule has 3 rings (SSSR count). The van der Waals surface area contributed by atoms with E-state index in [1.54, 1.807) is 24.4 Å². The predicted octanol–water partition coefficient (Wildman–Crippen LogP) is 5.32. The molecular formula is C24H27N3O2S. The summed E-state index contributed by atoms with van der Waals surface area (Å²) >= 11 is 0. The Morgan fingerprint density at radius 1 is 0.933 bits per heavy atom. The third kappa shape index (κ3) is 6.54. The molecule has 6 heteroatoms. The van der Waals surface area contributed by atoms with Crippen molar-refractivity contribution in [2.24, 2.45) is 5.92 Å². The maximum Gasteiger partial charge on any atom is 0.240 e. The first-order valence-corrected chi connectivity index (χ1v) is 11.5. The van der Waals surface area contributed by atoms with Gasteiger partial charge >= 0.3 is 0 Å². The number of hydrogen-bond acceptors (Lipinski definition) is 4. The first-order valence-electron chi connectivity index (χ1n) is 9.98. The molecule has 0 atom stereocenters. The highest BCUT2D eigenvalue weighted by atomic mass is 32.2.